The molecule has 4 atom stereocenters. The molecule has 2 amide bonds. The maximum absolute atomic E-state index is 12.0. The Labute approximate surface area is 139 Å². The van der Waals surface area contributed by atoms with Crippen molar-refractivity contribution in [2.24, 2.45) is 5.73 Å². The van der Waals surface area contributed by atoms with E-state index < -0.39 is 42.0 Å². The SMILES string of the molecule is CSCCC(NC(=O)C(CS)NC(=O)C(N)C(C)O)C(=O)O. The first kappa shape index (κ1) is 21.0. The Morgan fingerprint density at radius 2 is 1.77 bits per heavy atom. The Hall–Kier alpha value is -0.970. The van der Waals surface area contributed by atoms with Crippen LogP contribution in [0, 0.1) is 0 Å². The molecule has 0 saturated carbocycles. The number of carboxylic acid groups (broad SMARTS) is 1. The Morgan fingerprint density at radius 3 is 2.18 bits per heavy atom. The highest BCUT2D eigenvalue weighted by molar-refractivity contribution is 7.98. The lowest BCUT2D eigenvalue weighted by atomic mass is 10.1. The minimum Gasteiger partial charge on any atom is -0.480 e. The molecular weight excluding hydrogens is 330 g/mol. The van der Waals surface area contributed by atoms with E-state index in [9.17, 15) is 19.5 Å². The summed E-state index contributed by atoms with van der Waals surface area (Å²) in [6.07, 6.45) is 1.02. The molecule has 8 nitrogen and oxygen atoms in total. The van der Waals surface area contributed by atoms with Gasteiger partial charge in [-0.3, -0.25) is 9.59 Å². The van der Waals surface area contributed by atoms with Gasteiger partial charge in [-0.25, -0.2) is 4.79 Å². The van der Waals surface area contributed by atoms with Gasteiger partial charge in [-0.2, -0.15) is 24.4 Å². The van der Waals surface area contributed by atoms with Crippen LogP contribution in [-0.2, 0) is 14.4 Å². The number of nitrogens with two attached hydrogens (primary N) is 1. The molecular formula is C12H23N3O5S2. The number of aliphatic hydroxyl groups excluding tert-OH is 1. The second kappa shape index (κ2) is 10.7. The molecule has 0 aromatic carbocycles. The van der Waals surface area contributed by atoms with E-state index in [2.05, 4.69) is 23.3 Å². The van der Waals surface area contributed by atoms with Gasteiger partial charge in [0.25, 0.3) is 0 Å². The number of thiol groups is 1. The summed E-state index contributed by atoms with van der Waals surface area (Å²) in [4.78, 5) is 34.8. The molecule has 0 spiro atoms. The van der Waals surface area contributed by atoms with Crippen LogP contribution >= 0.6 is 24.4 Å². The molecule has 6 N–H and O–H groups in total. The molecule has 0 aliphatic heterocycles. The minimum atomic E-state index is -1.18. The van der Waals surface area contributed by atoms with E-state index in [4.69, 9.17) is 10.8 Å². The first-order chi connectivity index (χ1) is 10.2. The number of hydrogen-bond donors (Lipinski definition) is 6. The van der Waals surface area contributed by atoms with E-state index >= 15 is 0 Å². The third kappa shape index (κ3) is 7.34. The standard InChI is InChI=1S/C12H23N3O5S2/c1-6(16)9(13)11(18)15-8(5-21)10(17)14-7(12(19)20)3-4-22-2/h6-9,16,21H,3-5,13H2,1-2H3,(H,14,17)(H,15,18)(H,19,20). The number of nitrogens with one attached hydrogen (secondary N) is 2. The van der Waals surface area contributed by atoms with Crippen LogP contribution in [-0.4, -0.2) is 70.0 Å². The summed E-state index contributed by atoms with van der Waals surface area (Å²) in [5, 5.41) is 23.0. The number of thioether (sulfide) groups is 1. The van der Waals surface area contributed by atoms with Crippen molar-refractivity contribution in [1.82, 2.24) is 10.6 Å². The molecule has 0 fully saturated rings. The zero-order chi connectivity index (χ0) is 17.3. The third-order valence-electron chi connectivity index (χ3n) is 2.86. The lowest BCUT2D eigenvalue weighted by molar-refractivity contribution is -0.142. The van der Waals surface area contributed by atoms with Crippen molar-refractivity contribution >= 4 is 42.2 Å². The lowest BCUT2D eigenvalue weighted by Crippen LogP contribution is -2.57. The first-order valence-corrected chi connectivity index (χ1v) is 8.64. The second-order valence-electron chi connectivity index (χ2n) is 4.69. The highest BCUT2D eigenvalue weighted by atomic mass is 32.2. The van der Waals surface area contributed by atoms with Crippen molar-refractivity contribution in [3.8, 4) is 0 Å². The molecule has 10 heteroatoms. The van der Waals surface area contributed by atoms with Crippen molar-refractivity contribution in [3.05, 3.63) is 0 Å². The van der Waals surface area contributed by atoms with Crippen molar-refractivity contribution in [2.75, 3.05) is 17.8 Å². The number of aliphatic hydroxyl groups is 1. The van der Waals surface area contributed by atoms with Gasteiger partial charge >= 0.3 is 5.97 Å². The van der Waals surface area contributed by atoms with Crippen LogP contribution in [0.2, 0.25) is 0 Å². The first-order valence-electron chi connectivity index (χ1n) is 6.61. The van der Waals surface area contributed by atoms with E-state index in [1.165, 1.54) is 18.7 Å². The summed E-state index contributed by atoms with van der Waals surface area (Å²) in [5.41, 5.74) is 5.46. The van der Waals surface area contributed by atoms with Crippen LogP contribution in [0.1, 0.15) is 13.3 Å². The molecule has 0 aliphatic rings. The second-order valence-corrected chi connectivity index (χ2v) is 6.04. The molecule has 0 aromatic rings. The predicted molar refractivity (Wildman–Crippen MR) is 88.0 cm³/mol. The number of aliphatic carboxylic acids is 1. The van der Waals surface area contributed by atoms with E-state index in [0.29, 0.717) is 5.75 Å². The molecule has 4 unspecified atom stereocenters. The minimum absolute atomic E-state index is 0.0288. The zero-order valence-electron chi connectivity index (χ0n) is 12.5. The summed E-state index contributed by atoms with van der Waals surface area (Å²) in [6.45, 7) is 1.35. The van der Waals surface area contributed by atoms with Crippen LogP contribution in [0.15, 0.2) is 0 Å². The van der Waals surface area contributed by atoms with E-state index in [0.717, 1.165) is 0 Å². The summed E-state index contributed by atoms with van der Waals surface area (Å²) < 4.78 is 0. The largest absolute Gasteiger partial charge is 0.480 e. The summed E-state index contributed by atoms with van der Waals surface area (Å²) in [5.74, 6) is -1.97. The Morgan fingerprint density at radius 1 is 1.23 bits per heavy atom. The lowest BCUT2D eigenvalue weighted by Gasteiger charge is -2.22. The van der Waals surface area contributed by atoms with Crippen LogP contribution < -0.4 is 16.4 Å². The molecule has 0 saturated heterocycles. The number of carbonyl (C=O) groups is 3. The molecule has 0 radical (unpaired) electrons. The van der Waals surface area contributed by atoms with Gasteiger partial charge in [0, 0.05) is 5.75 Å². The van der Waals surface area contributed by atoms with Gasteiger partial charge in [-0.1, -0.05) is 0 Å². The van der Waals surface area contributed by atoms with E-state index in [1.54, 1.807) is 0 Å². The van der Waals surface area contributed by atoms with Crippen LogP contribution in [0.25, 0.3) is 0 Å². The molecule has 0 bridgehead atoms. The van der Waals surface area contributed by atoms with Gasteiger partial charge in [0.1, 0.15) is 18.1 Å². The highest BCUT2D eigenvalue weighted by Gasteiger charge is 2.28. The molecule has 0 aliphatic carbocycles. The Kier molecular flexibility index (Phi) is 10.2. The topological polar surface area (TPSA) is 142 Å². The Bertz CT molecular complexity index is 395. The monoisotopic (exact) mass is 353 g/mol. The van der Waals surface area contributed by atoms with Gasteiger partial charge in [-0.05, 0) is 25.4 Å². The highest BCUT2D eigenvalue weighted by Crippen LogP contribution is 2.02. The maximum atomic E-state index is 12.0. The predicted octanol–water partition coefficient (Wildman–Crippen LogP) is -1.57. The fourth-order valence-electron chi connectivity index (χ4n) is 1.45. The number of rotatable bonds is 10. The van der Waals surface area contributed by atoms with Gasteiger partial charge in [0.2, 0.25) is 11.8 Å². The van der Waals surface area contributed by atoms with Crippen molar-refractivity contribution in [3.63, 3.8) is 0 Å². The molecule has 128 valence electrons. The fourth-order valence-corrected chi connectivity index (χ4v) is 2.18. The van der Waals surface area contributed by atoms with Crippen molar-refractivity contribution in [2.45, 2.75) is 37.6 Å². The Balaban J connectivity index is 4.69. The van der Waals surface area contributed by atoms with Gasteiger partial charge in [0.05, 0.1) is 6.10 Å². The normalized spacial score (nSPS) is 16.2. The fraction of sp³-hybridized carbons (Fsp3) is 0.750. The van der Waals surface area contributed by atoms with Crippen LogP contribution in [0.4, 0.5) is 0 Å². The molecule has 22 heavy (non-hydrogen) atoms. The summed E-state index contributed by atoms with van der Waals surface area (Å²) >= 11 is 5.43. The average Bonchev–Trinajstić information content (AvgIpc) is 2.46. The maximum Gasteiger partial charge on any atom is 0.326 e. The number of amides is 2. The number of hydrogen-bond acceptors (Lipinski definition) is 7. The summed E-state index contributed by atoms with van der Waals surface area (Å²) in [6, 6.07) is -3.25. The zero-order valence-corrected chi connectivity index (χ0v) is 14.2. The third-order valence-corrected chi connectivity index (χ3v) is 3.87. The van der Waals surface area contributed by atoms with Crippen molar-refractivity contribution in [1.29, 1.82) is 0 Å². The van der Waals surface area contributed by atoms with E-state index in [1.807, 2.05) is 6.26 Å². The summed E-state index contributed by atoms with van der Waals surface area (Å²) in [7, 11) is 0. The smallest absolute Gasteiger partial charge is 0.326 e. The molecule has 0 heterocycles. The molecule has 0 rings (SSSR count). The van der Waals surface area contributed by atoms with Gasteiger partial charge in [0.15, 0.2) is 0 Å². The average molecular weight is 353 g/mol. The van der Waals surface area contributed by atoms with E-state index in [-0.39, 0.29) is 12.2 Å². The number of carbonyl (C=O) groups excluding carboxylic acids is 2. The van der Waals surface area contributed by atoms with Crippen molar-refractivity contribution < 1.29 is 24.6 Å². The quantitative estimate of drug-likeness (QED) is 0.261. The molecule has 0 aromatic heterocycles. The van der Waals surface area contributed by atoms with Crippen LogP contribution in [0.5, 0.6) is 0 Å². The number of carboxylic acids is 1. The van der Waals surface area contributed by atoms with Gasteiger partial charge < -0.3 is 26.6 Å². The van der Waals surface area contributed by atoms with Gasteiger partial charge in [-0.15, -0.1) is 0 Å². The van der Waals surface area contributed by atoms with Crippen LogP contribution in [0.3, 0.4) is 0 Å².